The highest BCUT2D eigenvalue weighted by molar-refractivity contribution is 5.90. The number of rotatable bonds is 5. The monoisotopic (exact) mass is 275 g/mol. The number of methoxy groups -OCH3 is 1. The van der Waals surface area contributed by atoms with Gasteiger partial charge in [0.05, 0.1) is 12.6 Å². The lowest BCUT2D eigenvalue weighted by molar-refractivity contribution is -0.128. The molecular formula is C17H25NO2. The van der Waals surface area contributed by atoms with Gasteiger partial charge in [-0.3, -0.25) is 9.69 Å². The van der Waals surface area contributed by atoms with E-state index in [0.29, 0.717) is 6.42 Å². The molecule has 1 aromatic carbocycles. The van der Waals surface area contributed by atoms with Gasteiger partial charge in [-0.05, 0) is 52.8 Å². The molecule has 1 aliphatic rings. The van der Waals surface area contributed by atoms with Gasteiger partial charge in [-0.15, -0.1) is 0 Å². The van der Waals surface area contributed by atoms with Crippen molar-refractivity contribution >= 4 is 5.78 Å². The van der Waals surface area contributed by atoms with Crippen molar-refractivity contribution in [2.24, 2.45) is 0 Å². The van der Waals surface area contributed by atoms with Crippen LogP contribution in [0.2, 0.25) is 0 Å². The second kappa shape index (κ2) is 5.96. The lowest BCUT2D eigenvalue weighted by Gasteiger charge is -2.34. The van der Waals surface area contributed by atoms with Gasteiger partial charge in [-0.1, -0.05) is 17.7 Å². The van der Waals surface area contributed by atoms with E-state index in [9.17, 15) is 4.79 Å². The van der Waals surface area contributed by atoms with Crippen molar-refractivity contribution in [3.8, 4) is 5.75 Å². The van der Waals surface area contributed by atoms with Gasteiger partial charge in [0.2, 0.25) is 0 Å². The number of likely N-dealkylation sites (tertiary alicyclic amines) is 1. The number of hydrogen-bond donors (Lipinski definition) is 0. The molecule has 1 aromatic rings. The molecule has 0 bridgehead atoms. The zero-order chi connectivity index (χ0) is 14.8. The molecule has 0 amide bonds. The fourth-order valence-corrected chi connectivity index (χ4v) is 2.89. The third-order valence-corrected chi connectivity index (χ3v) is 4.37. The van der Waals surface area contributed by atoms with Crippen molar-refractivity contribution in [1.29, 1.82) is 0 Å². The van der Waals surface area contributed by atoms with Crippen LogP contribution in [0.25, 0.3) is 0 Å². The number of carbonyl (C=O) groups is 1. The molecule has 0 radical (unpaired) electrons. The zero-order valence-corrected chi connectivity index (χ0v) is 13.0. The van der Waals surface area contributed by atoms with Gasteiger partial charge in [0.25, 0.3) is 0 Å². The molecule has 2 rings (SSSR count). The van der Waals surface area contributed by atoms with Crippen molar-refractivity contribution in [3.05, 3.63) is 29.3 Å². The first-order chi connectivity index (χ1) is 9.45. The molecule has 1 heterocycles. The van der Waals surface area contributed by atoms with Gasteiger partial charge in [0.1, 0.15) is 5.75 Å². The number of Topliss-reactive ketones (excluding diaryl/α,β-unsaturated/α-hetero) is 1. The average Bonchev–Trinajstić information content (AvgIpc) is 2.93. The first-order valence-electron chi connectivity index (χ1n) is 7.37. The molecule has 0 aromatic heterocycles. The minimum absolute atomic E-state index is 0.267. The fraction of sp³-hybridized carbons (Fsp3) is 0.588. The number of nitrogens with zero attached hydrogens (tertiary/aromatic N) is 1. The van der Waals surface area contributed by atoms with Crippen molar-refractivity contribution in [1.82, 2.24) is 4.90 Å². The van der Waals surface area contributed by atoms with Crippen LogP contribution in [0.15, 0.2) is 18.2 Å². The van der Waals surface area contributed by atoms with Gasteiger partial charge in [0.15, 0.2) is 5.78 Å². The minimum Gasteiger partial charge on any atom is -0.496 e. The Morgan fingerprint density at radius 2 is 1.95 bits per heavy atom. The summed E-state index contributed by atoms with van der Waals surface area (Å²) in [5.74, 6) is 1.07. The quantitative estimate of drug-likeness (QED) is 0.827. The molecule has 110 valence electrons. The summed E-state index contributed by atoms with van der Waals surface area (Å²) in [6, 6.07) is 6.01. The van der Waals surface area contributed by atoms with Gasteiger partial charge in [0, 0.05) is 12.0 Å². The Hall–Kier alpha value is -1.35. The Morgan fingerprint density at radius 3 is 2.55 bits per heavy atom. The maximum absolute atomic E-state index is 12.7. The molecule has 1 aliphatic heterocycles. The maximum atomic E-state index is 12.7. The summed E-state index contributed by atoms with van der Waals surface area (Å²) >= 11 is 0. The van der Waals surface area contributed by atoms with Gasteiger partial charge in [-0.2, -0.15) is 0 Å². The average molecular weight is 275 g/mol. The number of ketones is 1. The van der Waals surface area contributed by atoms with Crippen LogP contribution in [0, 0.1) is 6.92 Å². The molecule has 0 aliphatic carbocycles. The first kappa shape index (κ1) is 15.0. The molecule has 3 nitrogen and oxygen atoms in total. The van der Waals surface area contributed by atoms with E-state index in [1.165, 1.54) is 12.8 Å². The summed E-state index contributed by atoms with van der Waals surface area (Å²) in [6.45, 7) is 8.19. The number of ether oxygens (including phenoxy) is 1. The van der Waals surface area contributed by atoms with E-state index in [0.717, 1.165) is 30.0 Å². The van der Waals surface area contributed by atoms with Gasteiger partial charge in [-0.25, -0.2) is 0 Å². The zero-order valence-electron chi connectivity index (χ0n) is 13.0. The van der Waals surface area contributed by atoms with Crippen LogP contribution in [0.3, 0.4) is 0 Å². The standard InChI is InChI=1S/C17H25NO2/c1-13-7-8-15(20-4)14(11-13)12-16(19)17(2,3)18-9-5-6-10-18/h7-8,11H,5-6,9-10,12H2,1-4H3. The van der Waals surface area contributed by atoms with Crippen molar-refractivity contribution < 1.29 is 9.53 Å². The fourth-order valence-electron chi connectivity index (χ4n) is 2.89. The molecular weight excluding hydrogens is 250 g/mol. The van der Waals surface area contributed by atoms with E-state index in [1.807, 2.05) is 32.9 Å². The van der Waals surface area contributed by atoms with E-state index in [4.69, 9.17) is 4.74 Å². The van der Waals surface area contributed by atoms with Crippen LogP contribution in [0.4, 0.5) is 0 Å². The first-order valence-corrected chi connectivity index (χ1v) is 7.37. The third kappa shape index (κ3) is 3.04. The second-order valence-corrected chi connectivity index (χ2v) is 6.17. The van der Waals surface area contributed by atoms with Crippen LogP contribution < -0.4 is 4.74 Å². The minimum atomic E-state index is -0.384. The molecule has 0 N–H and O–H groups in total. The van der Waals surface area contributed by atoms with E-state index < -0.39 is 0 Å². The predicted octanol–water partition coefficient (Wildman–Crippen LogP) is 2.99. The summed E-state index contributed by atoms with van der Waals surface area (Å²) in [4.78, 5) is 15.0. The Kier molecular flexibility index (Phi) is 4.48. The summed E-state index contributed by atoms with van der Waals surface area (Å²) in [7, 11) is 1.66. The largest absolute Gasteiger partial charge is 0.496 e. The van der Waals surface area contributed by atoms with E-state index >= 15 is 0 Å². The number of aryl methyl sites for hydroxylation is 1. The smallest absolute Gasteiger partial charge is 0.157 e. The highest BCUT2D eigenvalue weighted by atomic mass is 16.5. The third-order valence-electron chi connectivity index (χ3n) is 4.37. The van der Waals surface area contributed by atoms with Crippen LogP contribution in [0.5, 0.6) is 5.75 Å². The topological polar surface area (TPSA) is 29.5 Å². The summed E-state index contributed by atoms with van der Waals surface area (Å²) < 4.78 is 5.37. The van der Waals surface area contributed by atoms with E-state index in [1.54, 1.807) is 7.11 Å². The van der Waals surface area contributed by atoms with Crippen LogP contribution in [0.1, 0.15) is 37.8 Å². The summed E-state index contributed by atoms with van der Waals surface area (Å²) in [5, 5.41) is 0. The van der Waals surface area contributed by atoms with Gasteiger partial charge >= 0.3 is 0 Å². The van der Waals surface area contributed by atoms with Crippen LogP contribution in [-0.2, 0) is 11.2 Å². The van der Waals surface area contributed by atoms with Crippen molar-refractivity contribution in [3.63, 3.8) is 0 Å². The summed E-state index contributed by atoms with van der Waals surface area (Å²) in [5.41, 5.74) is 1.77. The Morgan fingerprint density at radius 1 is 1.30 bits per heavy atom. The molecule has 0 spiro atoms. The lowest BCUT2D eigenvalue weighted by atomic mass is 9.91. The molecule has 1 fully saturated rings. The molecule has 0 unspecified atom stereocenters. The number of hydrogen-bond acceptors (Lipinski definition) is 3. The van der Waals surface area contributed by atoms with Gasteiger partial charge < -0.3 is 4.74 Å². The number of benzene rings is 1. The van der Waals surface area contributed by atoms with Crippen LogP contribution in [-0.4, -0.2) is 36.4 Å². The van der Waals surface area contributed by atoms with Crippen molar-refractivity contribution in [2.45, 2.75) is 45.6 Å². The van der Waals surface area contributed by atoms with E-state index in [-0.39, 0.29) is 11.3 Å². The SMILES string of the molecule is COc1ccc(C)cc1CC(=O)C(C)(C)N1CCCC1. The maximum Gasteiger partial charge on any atom is 0.157 e. The Bertz CT molecular complexity index is 488. The highest BCUT2D eigenvalue weighted by Crippen LogP contribution is 2.26. The van der Waals surface area contributed by atoms with Crippen LogP contribution >= 0.6 is 0 Å². The molecule has 0 saturated carbocycles. The molecule has 20 heavy (non-hydrogen) atoms. The van der Waals surface area contributed by atoms with E-state index in [2.05, 4.69) is 11.0 Å². The number of carbonyl (C=O) groups excluding carboxylic acids is 1. The predicted molar refractivity (Wildman–Crippen MR) is 81.3 cm³/mol. The normalized spacial score (nSPS) is 16.4. The summed E-state index contributed by atoms with van der Waals surface area (Å²) in [6.07, 6.45) is 2.84. The molecule has 1 saturated heterocycles. The molecule has 0 atom stereocenters. The van der Waals surface area contributed by atoms with Crippen molar-refractivity contribution in [2.75, 3.05) is 20.2 Å². The highest BCUT2D eigenvalue weighted by Gasteiger charge is 2.35. The second-order valence-electron chi connectivity index (χ2n) is 6.17. The Balaban J connectivity index is 2.16. The lowest BCUT2D eigenvalue weighted by Crippen LogP contribution is -2.49. The molecule has 3 heteroatoms. The Labute approximate surface area is 121 Å².